The van der Waals surface area contributed by atoms with E-state index in [0.29, 0.717) is 22.5 Å². The first-order valence-electron chi connectivity index (χ1n) is 15.6. The number of aliphatic carboxylic acids is 1. The summed E-state index contributed by atoms with van der Waals surface area (Å²) in [5, 5.41) is 23.5. The molecule has 3 amide bonds. The normalized spacial score (nSPS) is 13.6. The largest absolute Gasteiger partial charge is 0.479 e. The Kier molecular flexibility index (Phi) is 11.0. The first-order chi connectivity index (χ1) is 23.1. The van der Waals surface area contributed by atoms with E-state index in [1.54, 1.807) is 60.7 Å². The van der Waals surface area contributed by atoms with Crippen LogP contribution >= 0.6 is 0 Å². The van der Waals surface area contributed by atoms with Crippen LogP contribution in [0.15, 0.2) is 114 Å². The molecule has 248 valence electrons. The summed E-state index contributed by atoms with van der Waals surface area (Å²) < 4.78 is 26.4. The quantitative estimate of drug-likeness (QED) is 0.144. The van der Waals surface area contributed by atoms with Crippen LogP contribution in [0, 0.1) is 0 Å². The number of carboxylic acid groups (broad SMARTS) is 1. The molecule has 48 heavy (non-hydrogen) atoms. The molecule has 0 fully saturated rings. The molecule has 1 aliphatic carbocycles. The zero-order valence-electron chi connectivity index (χ0n) is 26.2. The highest BCUT2D eigenvalue weighted by Gasteiger charge is 2.21. The van der Waals surface area contributed by atoms with E-state index >= 15 is 0 Å². The van der Waals surface area contributed by atoms with Crippen LogP contribution in [-0.4, -0.2) is 49.2 Å². The highest BCUT2D eigenvalue weighted by Crippen LogP contribution is 2.29. The van der Waals surface area contributed by atoms with Crippen LogP contribution in [0.4, 0.5) is 16.2 Å². The second-order valence-corrected chi connectivity index (χ2v) is 13.6. The molecule has 5 rings (SSSR count). The Hall–Kier alpha value is -5.26. The molecule has 0 radical (unpaired) electrons. The predicted octanol–water partition coefficient (Wildman–Crippen LogP) is 6.03. The first-order valence-corrected chi connectivity index (χ1v) is 17.3. The van der Waals surface area contributed by atoms with E-state index in [1.807, 2.05) is 30.3 Å². The van der Waals surface area contributed by atoms with Crippen molar-refractivity contribution in [3.63, 3.8) is 0 Å². The summed E-state index contributed by atoms with van der Waals surface area (Å²) in [5.74, 6) is -2.16. The van der Waals surface area contributed by atoms with Crippen LogP contribution in [0.2, 0.25) is 0 Å². The van der Waals surface area contributed by atoms with Crippen molar-refractivity contribution in [1.82, 2.24) is 5.32 Å². The van der Waals surface area contributed by atoms with E-state index in [4.69, 9.17) is 5.11 Å². The van der Waals surface area contributed by atoms with Gasteiger partial charge in [0, 0.05) is 16.9 Å². The average molecular weight is 668 g/mol. The Bertz CT molecular complexity index is 1890. The highest BCUT2D eigenvalue weighted by molar-refractivity contribution is 7.90. The third-order valence-electron chi connectivity index (χ3n) is 8.03. The van der Waals surface area contributed by atoms with Crippen molar-refractivity contribution in [1.29, 1.82) is 0 Å². The molecule has 0 bridgehead atoms. The van der Waals surface area contributed by atoms with Crippen molar-refractivity contribution in [2.45, 2.75) is 49.0 Å². The second-order valence-electron chi connectivity index (χ2n) is 11.6. The number of carboxylic acids is 1. The van der Waals surface area contributed by atoms with E-state index in [-0.39, 0.29) is 22.8 Å². The number of aliphatic hydroxyl groups is 1. The number of carbonyl (C=O) groups is 3. The molecule has 0 aromatic heterocycles. The predicted molar refractivity (Wildman–Crippen MR) is 184 cm³/mol. The van der Waals surface area contributed by atoms with Gasteiger partial charge < -0.3 is 20.8 Å². The van der Waals surface area contributed by atoms with E-state index in [2.05, 4.69) is 16.7 Å². The standard InChI is InChI=1S/C37H37N3O7S/c41-34(36(43)44)23-38-35(42)30-16-14-26(15-17-30)24-40(32-20-18-29(19-21-32)28-10-5-2-6-11-28)37(45)39-31-12-7-13-33(22-31)48(46,47)25-27-8-3-1-4-9-27/h1,3-4,7-10,12-22,34,41H,2,5-6,11,23-25H2,(H,38,42)(H,39,45)(H,43,44)/t34-/m1/s1. The van der Waals surface area contributed by atoms with Crippen LogP contribution in [0.25, 0.3) is 5.57 Å². The number of sulfone groups is 1. The molecule has 0 saturated carbocycles. The fourth-order valence-corrected chi connectivity index (χ4v) is 6.78. The van der Waals surface area contributed by atoms with Crippen molar-refractivity contribution in [2.24, 2.45) is 0 Å². The van der Waals surface area contributed by atoms with Gasteiger partial charge in [0.25, 0.3) is 5.91 Å². The maximum absolute atomic E-state index is 13.9. The lowest BCUT2D eigenvalue weighted by Gasteiger charge is -2.24. The monoisotopic (exact) mass is 667 g/mol. The number of hydrogen-bond donors (Lipinski definition) is 4. The van der Waals surface area contributed by atoms with Gasteiger partial charge in [-0.15, -0.1) is 0 Å². The lowest BCUT2D eigenvalue weighted by Crippen LogP contribution is -2.36. The summed E-state index contributed by atoms with van der Waals surface area (Å²) in [6, 6.07) is 28.8. The van der Waals surface area contributed by atoms with Gasteiger partial charge in [-0.3, -0.25) is 9.69 Å². The number of anilines is 2. The fourth-order valence-electron chi connectivity index (χ4n) is 5.39. The van der Waals surface area contributed by atoms with E-state index < -0.39 is 40.4 Å². The third-order valence-corrected chi connectivity index (χ3v) is 9.71. The molecule has 0 spiro atoms. The van der Waals surface area contributed by atoms with Gasteiger partial charge in [-0.1, -0.05) is 66.7 Å². The molecule has 4 N–H and O–H groups in total. The van der Waals surface area contributed by atoms with Crippen LogP contribution in [0.1, 0.15) is 52.7 Å². The lowest BCUT2D eigenvalue weighted by atomic mass is 9.93. The molecule has 11 heteroatoms. The molecule has 10 nitrogen and oxygen atoms in total. The number of hydrogen-bond acceptors (Lipinski definition) is 6. The Balaban J connectivity index is 1.36. The van der Waals surface area contributed by atoms with Gasteiger partial charge in [0.1, 0.15) is 0 Å². The van der Waals surface area contributed by atoms with Crippen molar-refractivity contribution in [3.8, 4) is 0 Å². The molecule has 0 heterocycles. The average Bonchev–Trinajstić information content (AvgIpc) is 3.10. The number of aliphatic hydroxyl groups excluding tert-OH is 1. The van der Waals surface area contributed by atoms with Gasteiger partial charge in [-0.25, -0.2) is 18.0 Å². The van der Waals surface area contributed by atoms with Gasteiger partial charge >= 0.3 is 12.0 Å². The Morgan fingerprint density at radius 1 is 0.833 bits per heavy atom. The maximum Gasteiger partial charge on any atom is 0.334 e. The van der Waals surface area contributed by atoms with Crippen LogP contribution in [0.5, 0.6) is 0 Å². The molecule has 0 aliphatic heterocycles. The lowest BCUT2D eigenvalue weighted by molar-refractivity contribution is -0.146. The minimum absolute atomic E-state index is 0.0885. The van der Waals surface area contributed by atoms with Crippen molar-refractivity contribution < 1.29 is 33.0 Å². The second kappa shape index (κ2) is 15.6. The number of nitrogens with one attached hydrogen (secondary N) is 2. The minimum Gasteiger partial charge on any atom is -0.479 e. The van der Waals surface area contributed by atoms with Gasteiger partial charge in [-0.05, 0) is 90.4 Å². The van der Waals surface area contributed by atoms with E-state index in [0.717, 1.165) is 24.8 Å². The molecular weight excluding hydrogens is 630 g/mol. The van der Waals surface area contributed by atoms with Gasteiger partial charge in [-0.2, -0.15) is 0 Å². The highest BCUT2D eigenvalue weighted by atomic mass is 32.2. The van der Waals surface area contributed by atoms with E-state index in [9.17, 15) is 27.9 Å². The van der Waals surface area contributed by atoms with Crippen LogP contribution in [-0.2, 0) is 26.9 Å². The fraction of sp³-hybridized carbons (Fsp3) is 0.216. The molecule has 0 saturated heterocycles. The third kappa shape index (κ3) is 8.96. The SMILES string of the molecule is O=C(NC[C@@H](O)C(=O)O)c1ccc(CN(C(=O)Nc2cccc(S(=O)(=O)Cc3ccccc3)c2)c2ccc(C3=CCCCC3)cc2)cc1. The summed E-state index contributed by atoms with van der Waals surface area (Å²) in [5.41, 5.74) is 4.92. The molecule has 4 aromatic carbocycles. The molecule has 0 unspecified atom stereocenters. The molecule has 1 aliphatic rings. The van der Waals surface area contributed by atoms with E-state index in [1.165, 1.54) is 29.0 Å². The Labute approximate surface area is 279 Å². The number of amides is 3. The summed E-state index contributed by atoms with van der Waals surface area (Å²) >= 11 is 0. The topological polar surface area (TPSA) is 153 Å². The van der Waals surface area contributed by atoms with Crippen molar-refractivity contribution in [2.75, 3.05) is 16.8 Å². The number of nitrogens with zero attached hydrogens (tertiary/aromatic N) is 1. The molecule has 1 atom stereocenters. The summed E-state index contributed by atoms with van der Waals surface area (Å²) in [6.45, 7) is -0.314. The Morgan fingerprint density at radius 3 is 2.23 bits per heavy atom. The zero-order chi connectivity index (χ0) is 34.1. The van der Waals surface area contributed by atoms with Crippen LogP contribution < -0.4 is 15.5 Å². The van der Waals surface area contributed by atoms with Crippen molar-refractivity contribution >= 4 is 44.7 Å². The minimum atomic E-state index is -3.68. The Morgan fingerprint density at radius 2 is 1.56 bits per heavy atom. The van der Waals surface area contributed by atoms with Gasteiger partial charge in [0.2, 0.25) is 0 Å². The first kappa shape index (κ1) is 34.1. The summed E-state index contributed by atoms with van der Waals surface area (Å²) in [6.07, 6.45) is 4.89. The number of urea groups is 1. The smallest absolute Gasteiger partial charge is 0.334 e. The molecular formula is C37H37N3O7S. The number of benzene rings is 4. The number of rotatable bonds is 12. The molecule has 4 aromatic rings. The van der Waals surface area contributed by atoms with Gasteiger partial charge in [0.05, 0.1) is 23.7 Å². The van der Waals surface area contributed by atoms with Gasteiger partial charge in [0.15, 0.2) is 15.9 Å². The number of allylic oxidation sites excluding steroid dienone is 2. The summed E-state index contributed by atoms with van der Waals surface area (Å²) in [7, 11) is -3.68. The summed E-state index contributed by atoms with van der Waals surface area (Å²) in [4.78, 5) is 38.8. The number of carbonyl (C=O) groups excluding carboxylic acids is 2. The zero-order valence-corrected chi connectivity index (χ0v) is 27.0. The maximum atomic E-state index is 13.9. The van der Waals surface area contributed by atoms with Crippen molar-refractivity contribution in [3.05, 3.63) is 131 Å². The van der Waals surface area contributed by atoms with Crippen LogP contribution in [0.3, 0.4) is 0 Å².